The average molecular weight is 718 g/mol. The van der Waals surface area contributed by atoms with Gasteiger partial charge in [-0.2, -0.15) is 0 Å². The number of imidazole rings is 2. The van der Waals surface area contributed by atoms with E-state index in [1.54, 1.807) is 17.3 Å². The molecule has 0 unspecified atom stereocenters. The molecule has 4 aromatic rings. The van der Waals surface area contributed by atoms with Crippen molar-refractivity contribution in [1.82, 2.24) is 45.3 Å². The van der Waals surface area contributed by atoms with Crippen LogP contribution in [0.4, 0.5) is 14.4 Å². The van der Waals surface area contributed by atoms with E-state index in [1.165, 1.54) is 38.2 Å². The third-order valence-corrected chi connectivity index (χ3v) is 7.87. The number of nitrogens with zero attached hydrogens (tertiary/aromatic N) is 5. The van der Waals surface area contributed by atoms with Gasteiger partial charge in [0.25, 0.3) is 0 Å². The first-order valence-corrected chi connectivity index (χ1v) is 16.3. The Morgan fingerprint density at radius 1 is 0.654 bits per heavy atom. The molecule has 276 valence electrons. The van der Waals surface area contributed by atoms with Gasteiger partial charge in [-0.3, -0.25) is 14.5 Å². The fraction of sp³-hybridized carbons (Fsp3) is 0.343. The quantitative estimate of drug-likeness (QED) is 0.104. The predicted molar refractivity (Wildman–Crippen MR) is 189 cm³/mol. The second kappa shape index (κ2) is 18.6. The van der Waals surface area contributed by atoms with Crippen molar-refractivity contribution in [2.45, 2.75) is 26.4 Å². The van der Waals surface area contributed by atoms with Crippen LogP contribution >= 0.6 is 0 Å². The number of aromatic amines is 2. The molecule has 0 aliphatic carbocycles. The van der Waals surface area contributed by atoms with Crippen molar-refractivity contribution in [3.63, 3.8) is 0 Å². The Morgan fingerprint density at radius 3 is 1.50 bits per heavy atom. The molecule has 2 aromatic heterocycles. The summed E-state index contributed by atoms with van der Waals surface area (Å²) in [5, 5.41) is 4.77. The van der Waals surface area contributed by atoms with E-state index in [1.807, 2.05) is 55.5 Å². The van der Waals surface area contributed by atoms with Gasteiger partial charge in [-0.1, -0.05) is 55.5 Å². The van der Waals surface area contributed by atoms with Crippen LogP contribution in [-0.4, -0.2) is 119 Å². The lowest BCUT2D eigenvalue weighted by Crippen LogP contribution is -2.46. The minimum absolute atomic E-state index is 0.0366. The number of methoxy groups -OCH3 is 3. The molecule has 5 amide bonds. The number of rotatable bonds is 15. The summed E-state index contributed by atoms with van der Waals surface area (Å²) >= 11 is 0. The Hall–Kier alpha value is -6.39. The zero-order valence-electron chi connectivity index (χ0n) is 29.7. The summed E-state index contributed by atoms with van der Waals surface area (Å²) < 4.78 is 13.8. The van der Waals surface area contributed by atoms with E-state index in [9.17, 15) is 24.0 Å². The number of ether oxygens (including phenoxy) is 3. The van der Waals surface area contributed by atoms with Gasteiger partial charge in [-0.05, 0) is 28.7 Å². The number of nitrogens with one attached hydrogen (secondary N) is 4. The van der Waals surface area contributed by atoms with Crippen molar-refractivity contribution in [2.75, 3.05) is 54.7 Å². The number of hydrogen-bond donors (Lipinski definition) is 4. The van der Waals surface area contributed by atoms with Crippen LogP contribution in [0.15, 0.2) is 60.9 Å². The zero-order valence-corrected chi connectivity index (χ0v) is 29.7. The first-order valence-electron chi connectivity index (χ1n) is 16.3. The fourth-order valence-electron chi connectivity index (χ4n) is 5.14. The van der Waals surface area contributed by atoms with Crippen LogP contribution in [0.2, 0.25) is 0 Å². The Bertz CT molecular complexity index is 1820. The van der Waals surface area contributed by atoms with E-state index in [-0.39, 0.29) is 38.8 Å². The van der Waals surface area contributed by atoms with Gasteiger partial charge in [-0.15, -0.1) is 0 Å². The van der Waals surface area contributed by atoms with Gasteiger partial charge in [0.1, 0.15) is 24.7 Å². The second-order valence-corrected chi connectivity index (χ2v) is 11.5. The molecule has 4 N–H and O–H groups in total. The van der Waals surface area contributed by atoms with E-state index in [0.29, 0.717) is 18.2 Å². The van der Waals surface area contributed by atoms with E-state index in [0.717, 1.165) is 40.1 Å². The number of hydrogen-bond acceptors (Lipinski definition) is 10. The van der Waals surface area contributed by atoms with Crippen molar-refractivity contribution in [2.24, 2.45) is 0 Å². The molecule has 0 atom stereocenters. The molecule has 0 radical (unpaired) electrons. The standard InChI is InChI=1S/C35H43N9O8/c1-6-15-43(31(45)18-38-33(47)50-3)20-29-36-16-27(40-29)25-11-7-23(8-12-25)24-9-13-26(14-10-24)28-17-37-30(41-28)21-44(22-42(2)35(49)52-5)32(46)19-39-34(48)51-4/h7-14,16-17H,6,15,18-22H2,1-5H3,(H,36,40)(H,37,41)(H,38,47)(H,39,48). The van der Waals surface area contributed by atoms with Crippen LogP contribution in [-0.2, 0) is 36.9 Å². The third kappa shape index (κ3) is 10.6. The number of H-pyrrole nitrogens is 2. The lowest BCUT2D eigenvalue weighted by atomic mass is 10.0. The van der Waals surface area contributed by atoms with Crippen LogP contribution in [0.5, 0.6) is 0 Å². The number of alkyl carbamates (subject to hydrolysis) is 2. The number of carbonyl (C=O) groups excluding carboxylic acids is 5. The molecule has 0 fully saturated rings. The molecule has 2 aromatic carbocycles. The number of benzene rings is 2. The van der Waals surface area contributed by atoms with Gasteiger partial charge in [0.15, 0.2) is 0 Å². The first kappa shape index (κ1) is 38.4. The van der Waals surface area contributed by atoms with Gasteiger partial charge < -0.3 is 44.6 Å². The summed E-state index contributed by atoms with van der Waals surface area (Å²) in [6, 6.07) is 15.9. The molecule has 17 heteroatoms. The van der Waals surface area contributed by atoms with E-state index < -0.39 is 24.2 Å². The summed E-state index contributed by atoms with van der Waals surface area (Å²) in [5.74, 6) is 0.403. The summed E-state index contributed by atoms with van der Waals surface area (Å²) in [5.41, 5.74) is 5.33. The average Bonchev–Trinajstić information content (AvgIpc) is 3.85. The molecule has 0 aliphatic heterocycles. The molecule has 0 saturated heterocycles. The van der Waals surface area contributed by atoms with Crippen LogP contribution in [0.1, 0.15) is 25.0 Å². The minimum atomic E-state index is -0.754. The summed E-state index contributed by atoms with van der Waals surface area (Å²) in [7, 11) is 5.17. The highest BCUT2D eigenvalue weighted by Crippen LogP contribution is 2.27. The topological polar surface area (TPSA) is 204 Å². The molecule has 17 nitrogen and oxygen atoms in total. The SMILES string of the molecule is CCCN(Cc1ncc(-c2ccc(-c3ccc(-c4cnc(CN(CN(C)C(=O)OC)C(=O)CNC(=O)OC)[nH]4)cc3)cc2)[nH]1)C(=O)CNC(=O)OC. The third-order valence-electron chi connectivity index (χ3n) is 7.87. The van der Waals surface area contributed by atoms with E-state index in [2.05, 4.69) is 40.0 Å². The van der Waals surface area contributed by atoms with Crippen molar-refractivity contribution < 1.29 is 38.2 Å². The van der Waals surface area contributed by atoms with Crippen LogP contribution in [0.3, 0.4) is 0 Å². The zero-order chi connectivity index (χ0) is 37.6. The Balaban J connectivity index is 1.39. The van der Waals surface area contributed by atoms with E-state index >= 15 is 0 Å². The molecule has 2 heterocycles. The van der Waals surface area contributed by atoms with Gasteiger partial charge >= 0.3 is 18.3 Å². The molecule has 4 rings (SSSR count). The van der Waals surface area contributed by atoms with Crippen LogP contribution in [0.25, 0.3) is 33.6 Å². The predicted octanol–water partition coefficient (Wildman–Crippen LogP) is 3.57. The molecule has 0 bridgehead atoms. The highest BCUT2D eigenvalue weighted by molar-refractivity contribution is 5.83. The van der Waals surface area contributed by atoms with Gasteiger partial charge in [0.05, 0.1) is 64.9 Å². The lowest BCUT2D eigenvalue weighted by molar-refractivity contribution is -0.132. The molecule has 0 saturated carbocycles. The highest BCUT2D eigenvalue weighted by Gasteiger charge is 2.21. The fourth-order valence-corrected chi connectivity index (χ4v) is 5.14. The van der Waals surface area contributed by atoms with Gasteiger partial charge in [0.2, 0.25) is 11.8 Å². The van der Waals surface area contributed by atoms with Crippen molar-refractivity contribution in [3.05, 3.63) is 72.6 Å². The smallest absolute Gasteiger partial charge is 0.410 e. The van der Waals surface area contributed by atoms with Gasteiger partial charge in [0, 0.05) is 13.6 Å². The molecule has 52 heavy (non-hydrogen) atoms. The maximum absolute atomic E-state index is 12.9. The number of amides is 5. The highest BCUT2D eigenvalue weighted by atomic mass is 16.5. The van der Waals surface area contributed by atoms with Gasteiger partial charge in [-0.25, -0.2) is 24.4 Å². The maximum atomic E-state index is 12.9. The number of carbonyl (C=O) groups is 5. The molecular weight excluding hydrogens is 674 g/mol. The first-order chi connectivity index (χ1) is 25.0. The summed E-state index contributed by atoms with van der Waals surface area (Å²) in [6.45, 7) is 2.19. The van der Waals surface area contributed by atoms with Crippen LogP contribution < -0.4 is 10.6 Å². The minimum Gasteiger partial charge on any atom is -0.453 e. The van der Waals surface area contributed by atoms with Crippen molar-refractivity contribution >= 4 is 30.1 Å². The van der Waals surface area contributed by atoms with Crippen LogP contribution in [0, 0.1) is 0 Å². The van der Waals surface area contributed by atoms with Crippen molar-refractivity contribution in [3.8, 4) is 33.6 Å². The largest absolute Gasteiger partial charge is 0.453 e. The summed E-state index contributed by atoms with van der Waals surface area (Å²) in [4.78, 5) is 80.0. The monoisotopic (exact) mass is 717 g/mol. The maximum Gasteiger partial charge on any atom is 0.410 e. The normalized spacial score (nSPS) is 10.6. The Morgan fingerprint density at radius 2 is 1.08 bits per heavy atom. The summed E-state index contributed by atoms with van der Waals surface area (Å²) in [6.07, 6.45) is 2.09. The lowest BCUT2D eigenvalue weighted by Gasteiger charge is -2.26. The molecular formula is C35H43N9O8. The molecule has 0 spiro atoms. The Kier molecular flexibility index (Phi) is 13.7. The second-order valence-electron chi connectivity index (χ2n) is 11.5. The van der Waals surface area contributed by atoms with E-state index in [4.69, 9.17) is 4.74 Å². The molecule has 0 aliphatic rings. The van der Waals surface area contributed by atoms with Crippen molar-refractivity contribution in [1.29, 1.82) is 0 Å². The number of aromatic nitrogens is 4. The Labute approximate surface area is 300 Å².